The van der Waals surface area contributed by atoms with Gasteiger partial charge in [-0.05, 0) is 72.0 Å². The van der Waals surface area contributed by atoms with Crippen LogP contribution in [0.1, 0.15) is 53.2 Å². The first kappa shape index (κ1) is 22.7. The predicted octanol–water partition coefficient (Wildman–Crippen LogP) is 5.62. The molecule has 0 saturated heterocycles. The topological polar surface area (TPSA) is 42.4 Å². The summed E-state index contributed by atoms with van der Waals surface area (Å²) in [6.07, 6.45) is 3.81. The van der Waals surface area contributed by atoms with Crippen molar-refractivity contribution in [2.24, 2.45) is 0 Å². The maximum Gasteiger partial charge on any atom is 0.109 e. The molecule has 1 N–H and O–H groups in total. The molecule has 5 heteroatoms. The standard InChI is InChI=1S/C20H34BrNO2S/c1-6-25(7-2,8-3)16-24-20(5,14-10-11-17(4)15-23)18-12-9-13-19(21)22-18/h9,11-13,23H,6-8,10,14-16H2,1-5H3/b17-11-. The first-order valence-electron chi connectivity index (χ1n) is 9.12. The third-order valence-electron chi connectivity index (χ3n) is 5.09. The van der Waals surface area contributed by atoms with Gasteiger partial charge in [0.15, 0.2) is 0 Å². The quantitative estimate of drug-likeness (QED) is 0.365. The molecule has 0 amide bonds. The minimum atomic E-state index is -0.725. The van der Waals surface area contributed by atoms with Crippen LogP contribution in [0.5, 0.6) is 0 Å². The van der Waals surface area contributed by atoms with E-state index in [0.29, 0.717) is 0 Å². The second-order valence-electron chi connectivity index (χ2n) is 6.68. The van der Waals surface area contributed by atoms with Crippen LogP contribution < -0.4 is 0 Å². The van der Waals surface area contributed by atoms with Gasteiger partial charge in [0, 0.05) is 0 Å². The Bertz CT molecular complexity index is 552. The number of aliphatic hydroxyl groups is 1. The van der Waals surface area contributed by atoms with E-state index in [4.69, 9.17) is 4.74 Å². The first-order valence-corrected chi connectivity index (χ1v) is 12.2. The molecule has 1 atom stereocenters. The van der Waals surface area contributed by atoms with Gasteiger partial charge < -0.3 is 9.84 Å². The largest absolute Gasteiger partial charge is 0.392 e. The van der Waals surface area contributed by atoms with Crippen molar-refractivity contribution in [3.63, 3.8) is 0 Å². The van der Waals surface area contributed by atoms with Gasteiger partial charge in [-0.2, -0.15) is 0 Å². The first-order chi connectivity index (χ1) is 11.8. The van der Waals surface area contributed by atoms with E-state index in [9.17, 15) is 5.11 Å². The molecule has 0 bridgehead atoms. The molecular weight excluding hydrogens is 398 g/mol. The minimum Gasteiger partial charge on any atom is -0.392 e. The highest BCUT2D eigenvalue weighted by atomic mass is 79.9. The van der Waals surface area contributed by atoms with E-state index in [1.807, 2.05) is 25.1 Å². The molecule has 1 rings (SSSR count). The van der Waals surface area contributed by atoms with Crippen molar-refractivity contribution in [2.75, 3.05) is 29.8 Å². The predicted molar refractivity (Wildman–Crippen MR) is 115 cm³/mol. The fourth-order valence-electron chi connectivity index (χ4n) is 2.75. The van der Waals surface area contributed by atoms with Crippen LogP contribution >= 0.6 is 26.0 Å². The van der Waals surface area contributed by atoms with Gasteiger partial charge in [-0.15, -0.1) is 0 Å². The second-order valence-corrected chi connectivity index (χ2v) is 11.9. The average molecular weight is 432 g/mol. The summed E-state index contributed by atoms with van der Waals surface area (Å²) in [4.78, 5) is 4.67. The van der Waals surface area contributed by atoms with Crippen molar-refractivity contribution in [1.82, 2.24) is 4.98 Å². The van der Waals surface area contributed by atoms with E-state index >= 15 is 0 Å². The van der Waals surface area contributed by atoms with E-state index in [0.717, 1.165) is 34.7 Å². The van der Waals surface area contributed by atoms with Crippen LogP contribution in [0.3, 0.4) is 0 Å². The normalized spacial score (nSPS) is 15.9. The Hall–Kier alpha value is -0.360. The minimum absolute atomic E-state index is 0.113. The molecule has 0 aromatic carbocycles. The van der Waals surface area contributed by atoms with E-state index in [2.05, 4.69) is 54.7 Å². The van der Waals surface area contributed by atoms with Crippen LogP contribution in [0.2, 0.25) is 0 Å². The van der Waals surface area contributed by atoms with Crippen molar-refractivity contribution >= 4 is 26.0 Å². The fourth-order valence-corrected chi connectivity index (χ4v) is 5.33. The van der Waals surface area contributed by atoms with Gasteiger partial charge in [-0.3, -0.25) is 0 Å². The lowest BCUT2D eigenvalue weighted by Gasteiger charge is -2.41. The number of ether oxygens (including phenoxy) is 1. The Balaban J connectivity index is 3.02. The van der Waals surface area contributed by atoms with Gasteiger partial charge in [0.2, 0.25) is 0 Å². The highest BCUT2D eigenvalue weighted by Gasteiger charge is 2.31. The lowest BCUT2D eigenvalue weighted by atomic mass is 9.94. The van der Waals surface area contributed by atoms with Crippen molar-refractivity contribution < 1.29 is 9.84 Å². The number of hydrogen-bond donors (Lipinski definition) is 1. The third-order valence-corrected chi connectivity index (χ3v) is 9.82. The number of nitrogens with zero attached hydrogens (tertiary/aromatic N) is 1. The molecule has 1 heterocycles. The summed E-state index contributed by atoms with van der Waals surface area (Å²) in [5.41, 5.74) is 1.54. The lowest BCUT2D eigenvalue weighted by molar-refractivity contribution is -0.0195. The Morgan fingerprint density at radius 3 is 2.44 bits per heavy atom. The molecule has 3 nitrogen and oxygen atoms in total. The van der Waals surface area contributed by atoms with Crippen molar-refractivity contribution in [3.8, 4) is 0 Å². The number of hydrogen-bond acceptors (Lipinski definition) is 3. The Morgan fingerprint density at radius 1 is 1.28 bits per heavy atom. The smallest absolute Gasteiger partial charge is 0.109 e. The molecule has 144 valence electrons. The SMILES string of the molecule is CCS(CC)(CC)COC(C)(CC/C=C(/C)CO)c1cccc(Br)n1. The molecule has 0 saturated carbocycles. The van der Waals surface area contributed by atoms with Gasteiger partial charge in [0.25, 0.3) is 0 Å². The van der Waals surface area contributed by atoms with E-state index in [1.54, 1.807) is 0 Å². The summed E-state index contributed by atoms with van der Waals surface area (Å²) in [6.45, 7) is 11.1. The number of aromatic nitrogens is 1. The van der Waals surface area contributed by atoms with Crippen LogP contribution in [-0.2, 0) is 10.3 Å². The zero-order valence-electron chi connectivity index (χ0n) is 16.3. The summed E-state index contributed by atoms with van der Waals surface area (Å²) < 4.78 is 7.42. The van der Waals surface area contributed by atoms with Crippen LogP contribution in [0, 0.1) is 0 Å². The molecule has 0 fully saturated rings. The van der Waals surface area contributed by atoms with Crippen LogP contribution in [0.4, 0.5) is 0 Å². The van der Waals surface area contributed by atoms with E-state index < -0.39 is 15.6 Å². The lowest BCUT2D eigenvalue weighted by Crippen LogP contribution is -2.30. The van der Waals surface area contributed by atoms with Crippen molar-refractivity contribution in [2.45, 2.75) is 53.1 Å². The van der Waals surface area contributed by atoms with Crippen LogP contribution in [0.25, 0.3) is 0 Å². The highest BCUT2D eigenvalue weighted by molar-refractivity contribution is 9.10. The van der Waals surface area contributed by atoms with E-state index in [1.165, 1.54) is 17.3 Å². The fraction of sp³-hybridized carbons (Fsp3) is 0.650. The van der Waals surface area contributed by atoms with Crippen LogP contribution in [0.15, 0.2) is 34.5 Å². The maximum atomic E-state index is 9.21. The highest BCUT2D eigenvalue weighted by Crippen LogP contribution is 2.48. The van der Waals surface area contributed by atoms with Crippen molar-refractivity contribution in [1.29, 1.82) is 0 Å². The molecule has 1 unspecified atom stereocenters. The number of pyridine rings is 1. The molecule has 0 spiro atoms. The summed E-state index contributed by atoms with van der Waals surface area (Å²) >= 11 is 3.48. The summed E-state index contributed by atoms with van der Waals surface area (Å²) in [6, 6.07) is 6.01. The monoisotopic (exact) mass is 431 g/mol. The Kier molecular flexibility index (Phi) is 9.71. The van der Waals surface area contributed by atoms with Gasteiger partial charge in [-0.1, -0.05) is 38.5 Å². The molecular formula is C20H34BrNO2S. The third kappa shape index (κ3) is 6.70. The molecule has 1 aromatic rings. The zero-order chi connectivity index (χ0) is 18.9. The Labute approximate surface area is 163 Å². The molecule has 25 heavy (non-hydrogen) atoms. The van der Waals surface area contributed by atoms with Crippen LogP contribution in [-0.4, -0.2) is 39.9 Å². The van der Waals surface area contributed by atoms with Gasteiger partial charge in [-0.25, -0.2) is 15.0 Å². The van der Waals surface area contributed by atoms with E-state index in [-0.39, 0.29) is 6.61 Å². The van der Waals surface area contributed by atoms with Gasteiger partial charge in [0.1, 0.15) is 10.2 Å². The molecule has 0 aliphatic heterocycles. The molecule has 0 aliphatic rings. The number of aliphatic hydroxyl groups excluding tert-OH is 1. The number of rotatable bonds is 11. The summed E-state index contributed by atoms with van der Waals surface area (Å²) in [5, 5.41) is 9.21. The summed E-state index contributed by atoms with van der Waals surface area (Å²) in [5.74, 6) is 4.42. The molecule has 1 aromatic heterocycles. The number of halogens is 1. The maximum absolute atomic E-state index is 9.21. The second kappa shape index (κ2) is 10.7. The van der Waals surface area contributed by atoms with Crippen molar-refractivity contribution in [3.05, 3.63) is 40.1 Å². The zero-order valence-corrected chi connectivity index (χ0v) is 18.8. The Morgan fingerprint density at radius 2 is 1.92 bits per heavy atom. The van der Waals surface area contributed by atoms with Gasteiger partial charge in [0.05, 0.1) is 18.2 Å². The average Bonchev–Trinajstić information content (AvgIpc) is 2.63. The molecule has 0 aliphatic carbocycles. The number of allylic oxidation sites excluding steroid dienone is 1. The summed E-state index contributed by atoms with van der Waals surface area (Å²) in [7, 11) is -0.725. The van der Waals surface area contributed by atoms with Gasteiger partial charge >= 0.3 is 0 Å². The molecule has 0 radical (unpaired) electrons.